The lowest BCUT2D eigenvalue weighted by atomic mass is 9.84. The first-order valence-corrected chi connectivity index (χ1v) is 18.8. The predicted octanol–water partition coefficient (Wildman–Crippen LogP) is 5.03. The number of cyclic esters (lactones) is 1. The number of hydrogen-bond donors (Lipinski definition) is 3. The van der Waals surface area contributed by atoms with Gasteiger partial charge in [-0.3, -0.25) is 19.6 Å². The third kappa shape index (κ3) is 7.99. The minimum absolute atomic E-state index is 0.172. The highest BCUT2D eigenvalue weighted by Gasteiger charge is 2.35. The van der Waals surface area contributed by atoms with Crippen LogP contribution in [0.4, 0.5) is 4.79 Å². The number of hydrogen-bond acceptors (Lipinski definition) is 10. The number of aryl methyl sites for hydroxylation is 1. The molecule has 278 valence electrons. The first-order chi connectivity index (χ1) is 25.0. The highest BCUT2D eigenvalue weighted by molar-refractivity contribution is 7.10. The maximum Gasteiger partial charge on any atom is 0.324 e. The van der Waals surface area contributed by atoms with E-state index in [1.807, 2.05) is 18.4 Å². The van der Waals surface area contributed by atoms with Gasteiger partial charge in [-0.1, -0.05) is 19.9 Å². The van der Waals surface area contributed by atoms with Gasteiger partial charge in [0, 0.05) is 79.3 Å². The molecule has 3 N–H and O–H groups in total. The molecule has 3 atom stereocenters. The highest BCUT2D eigenvalue weighted by atomic mass is 32.1. The van der Waals surface area contributed by atoms with E-state index in [-0.39, 0.29) is 31.6 Å². The molecule has 6 bridgehead atoms. The van der Waals surface area contributed by atoms with Crippen molar-refractivity contribution in [2.75, 3.05) is 40.5 Å². The Morgan fingerprint density at radius 1 is 1.23 bits per heavy atom. The normalized spacial score (nSPS) is 19.9. The summed E-state index contributed by atoms with van der Waals surface area (Å²) in [4.78, 5) is 50.2. The Labute approximate surface area is 308 Å². The number of nitrogens with one attached hydrogen (secondary N) is 3. The lowest BCUT2D eigenvalue weighted by molar-refractivity contribution is -0.155. The van der Waals surface area contributed by atoms with Crippen LogP contribution in [0.1, 0.15) is 62.9 Å². The average Bonchev–Trinajstić information content (AvgIpc) is 3.74. The van der Waals surface area contributed by atoms with Crippen LogP contribution in [0.5, 0.6) is 0 Å². The molecule has 3 aromatic heterocycles. The molecule has 0 unspecified atom stereocenters. The second-order valence-corrected chi connectivity index (χ2v) is 15.1. The summed E-state index contributed by atoms with van der Waals surface area (Å²) in [6.07, 6.45) is 3.48. The molecule has 1 aromatic carbocycles. The van der Waals surface area contributed by atoms with E-state index in [0.717, 1.165) is 51.2 Å². The molecule has 6 rings (SSSR count). The molecule has 4 aromatic rings. The summed E-state index contributed by atoms with van der Waals surface area (Å²) < 4.78 is 19.2. The molecule has 52 heavy (non-hydrogen) atoms. The first-order valence-electron chi connectivity index (χ1n) is 17.9. The van der Waals surface area contributed by atoms with Crippen molar-refractivity contribution in [1.82, 2.24) is 35.6 Å². The molecule has 0 spiro atoms. The summed E-state index contributed by atoms with van der Waals surface area (Å²) in [6.45, 7) is 10.3. The van der Waals surface area contributed by atoms with Crippen LogP contribution >= 0.6 is 11.3 Å². The van der Waals surface area contributed by atoms with Crippen LogP contribution < -0.4 is 16.1 Å². The molecule has 13 nitrogen and oxygen atoms in total. The number of fused-ring (bicyclic) bond motifs is 6. The largest absolute Gasteiger partial charge is 0.464 e. The Bertz CT molecular complexity index is 1920. The number of nitrogens with zero attached hydrogens (tertiary/aromatic N) is 4. The monoisotopic (exact) mass is 731 g/mol. The summed E-state index contributed by atoms with van der Waals surface area (Å²) in [5.74, 6) is -0.769. The number of pyridine rings is 1. The van der Waals surface area contributed by atoms with E-state index in [1.165, 1.54) is 16.3 Å². The molecule has 0 radical (unpaired) electrons. The molecule has 0 aliphatic carbocycles. The Kier molecular flexibility index (Phi) is 11.6. The van der Waals surface area contributed by atoms with Crippen LogP contribution in [0.2, 0.25) is 0 Å². The van der Waals surface area contributed by atoms with E-state index in [0.29, 0.717) is 37.4 Å². The molecular formula is C38H49N7O6S. The fourth-order valence-electron chi connectivity index (χ4n) is 7.04. The van der Waals surface area contributed by atoms with Gasteiger partial charge in [-0.15, -0.1) is 11.3 Å². The average molecular weight is 732 g/mol. The second-order valence-electron chi connectivity index (χ2n) is 14.2. The summed E-state index contributed by atoms with van der Waals surface area (Å²) in [7, 11) is 3.24. The van der Waals surface area contributed by atoms with Crippen LogP contribution in [0.3, 0.4) is 0 Å². The van der Waals surface area contributed by atoms with Gasteiger partial charge in [-0.2, -0.15) is 0 Å². The molecule has 5 heterocycles. The van der Waals surface area contributed by atoms with Crippen LogP contribution in [0, 0.1) is 5.41 Å². The fraction of sp³-hybridized carbons (Fsp3) is 0.500. The Hall–Kier alpha value is -4.37. The number of methoxy groups -OCH3 is 2. The molecule has 2 aliphatic rings. The van der Waals surface area contributed by atoms with Gasteiger partial charge < -0.3 is 29.4 Å². The summed E-state index contributed by atoms with van der Waals surface area (Å²) in [6, 6.07) is 8.34. The predicted molar refractivity (Wildman–Crippen MR) is 200 cm³/mol. The van der Waals surface area contributed by atoms with Crippen molar-refractivity contribution >= 4 is 40.1 Å². The van der Waals surface area contributed by atoms with Gasteiger partial charge in [-0.05, 0) is 62.9 Å². The van der Waals surface area contributed by atoms with Gasteiger partial charge in [0.25, 0.3) is 5.91 Å². The van der Waals surface area contributed by atoms with E-state index >= 15 is 0 Å². The van der Waals surface area contributed by atoms with Crippen molar-refractivity contribution in [3.8, 4) is 22.5 Å². The van der Waals surface area contributed by atoms with Gasteiger partial charge in [0.1, 0.15) is 12.1 Å². The number of urea groups is 1. The van der Waals surface area contributed by atoms with Crippen LogP contribution in [0.15, 0.2) is 41.9 Å². The molecule has 0 saturated carbocycles. The summed E-state index contributed by atoms with van der Waals surface area (Å²) in [5, 5.41) is 10.8. The van der Waals surface area contributed by atoms with Crippen LogP contribution in [-0.4, -0.2) is 90.1 Å². The number of rotatable bonds is 8. The minimum atomic E-state index is -0.931. The van der Waals surface area contributed by atoms with Crippen molar-refractivity contribution in [2.45, 2.75) is 78.1 Å². The Morgan fingerprint density at radius 2 is 2.06 bits per heavy atom. The number of aromatic nitrogens is 3. The smallest absolute Gasteiger partial charge is 0.324 e. The zero-order valence-corrected chi connectivity index (χ0v) is 31.6. The van der Waals surface area contributed by atoms with E-state index in [1.54, 1.807) is 20.4 Å². The third-order valence-electron chi connectivity index (χ3n) is 9.74. The Morgan fingerprint density at radius 3 is 2.83 bits per heavy atom. The van der Waals surface area contributed by atoms with Crippen molar-refractivity contribution in [2.24, 2.45) is 5.41 Å². The van der Waals surface area contributed by atoms with Gasteiger partial charge in [0.2, 0.25) is 0 Å². The SMILES string of the molecule is CCn1c(-c2cccnc2[C@H](C)OC)c2c3cc(ccc31)-c1csc(n1)C[C@H](NC(=O)NCCOC)C(=O)N1CCC[C@H](N1)C(=O)OCC(C)(C)C2. The van der Waals surface area contributed by atoms with Crippen LogP contribution in [-0.2, 0) is 43.2 Å². The fourth-order valence-corrected chi connectivity index (χ4v) is 7.89. The third-order valence-corrected chi connectivity index (χ3v) is 10.6. The molecule has 2 aliphatic heterocycles. The van der Waals surface area contributed by atoms with Crippen molar-refractivity contribution in [3.05, 3.63) is 58.2 Å². The quantitative estimate of drug-likeness (QED) is 0.168. The number of carbonyl (C=O) groups is 3. The topological polar surface area (TPSA) is 149 Å². The number of esters is 1. The molecule has 14 heteroatoms. The molecule has 3 amide bonds. The van der Waals surface area contributed by atoms with E-state index in [9.17, 15) is 14.4 Å². The second kappa shape index (κ2) is 16.1. The summed E-state index contributed by atoms with van der Waals surface area (Å²) >= 11 is 1.44. The van der Waals surface area contributed by atoms with Crippen molar-refractivity contribution < 1.29 is 28.6 Å². The van der Waals surface area contributed by atoms with Crippen molar-refractivity contribution in [1.29, 1.82) is 0 Å². The first kappa shape index (κ1) is 37.4. The highest BCUT2D eigenvalue weighted by Crippen LogP contribution is 2.42. The van der Waals surface area contributed by atoms with Gasteiger partial charge in [0.15, 0.2) is 0 Å². The number of amides is 3. The zero-order chi connectivity index (χ0) is 37.0. The number of carbonyl (C=O) groups excluding carboxylic acids is 3. The van der Waals surface area contributed by atoms with Gasteiger partial charge >= 0.3 is 12.0 Å². The molecule has 1 fully saturated rings. The summed E-state index contributed by atoms with van der Waals surface area (Å²) in [5.41, 5.74) is 9.49. The number of hydrazine groups is 1. The lowest BCUT2D eigenvalue weighted by Crippen LogP contribution is -2.61. The maximum absolute atomic E-state index is 14.0. The van der Waals surface area contributed by atoms with E-state index in [4.69, 9.17) is 24.2 Å². The maximum atomic E-state index is 14.0. The van der Waals surface area contributed by atoms with Crippen molar-refractivity contribution in [3.63, 3.8) is 0 Å². The van der Waals surface area contributed by atoms with E-state index < -0.39 is 29.5 Å². The number of thiazole rings is 1. The van der Waals surface area contributed by atoms with Gasteiger partial charge in [0.05, 0.1) is 41.4 Å². The van der Waals surface area contributed by atoms with Gasteiger partial charge in [-0.25, -0.2) is 15.2 Å². The van der Waals surface area contributed by atoms with E-state index in [2.05, 4.69) is 65.7 Å². The molecule has 1 saturated heterocycles. The minimum Gasteiger partial charge on any atom is -0.464 e. The molecular weight excluding hydrogens is 683 g/mol. The lowest BCUT2D eigenvalue weighted by Gasteiger charge is -2.35. The Balaban J connectivity index is 1.47. The number of ether oxygens (including phenoxy) is 3. The number of benzene rings is 1. The van der Waals surface area contributed by atoms with Crippen LogP contribution in [0.25, 0.3) is 33.4 Å². The zero-order valence-electron chi connectivity index (χ0n) is 30.8. The standard InChI is InChI=1S/C38H49N7O6S/c1-7-44-31-13-12-24-18-26(31)27(34(44)25-10-8-14-39-33(25)23(2)50-6)20-38(3,4)22-51-36(47)28-11-9-16-45(43-28)35(46)29(19-32-41-30(24)21-52-32)42-37(48)40-15-17-49-5/h8,10,12-14,18,21,23,28-29,43H,7,9,11,15-17,19-20,22H2,1-6H3,(H2,40,42,48)/t23-,28-,29-/m0/s1.